The molecule has 2 aromatic rings. The molecular weight excluding hydrogens is 302 g/mol. The number of thiazole rings is 1. The van der Waals surface area contributed by atoms with Crippen molar-refractivity contribution in [3.05, 3.63) is 32.9 Å². The zero-order valence-corrected chi connectivity index (χ0v) is 14.2. The Kier molecular flexibility index (Phi) is 4.84. The SMILES string of the molecule is CCc1cnc(C(C)Nc2nnc(C)c(C)c2C(N)=S)s1. The summed E-state index contributed by atoms with van der Waals surface area (Å²) in [6, 6.07) is 0.0276. The number of aromatic nitrogens is 3. The van der Waals surface area contributed by atoms with Crippen molar-refractivity contribution in [3.8, 4) is 0 Å². The van der Waals surface area contributed by atoms with E-state index in [9.17, 15) is 0 Å². The normalized spacial score (nSPS) is 12.2. The third-order valence-corrected chi connectivity index (χ3v) is 4.87. The summed E-state index contributed by atoms with van der Waals surface area (Å²) in [7, 11) is 0. The molecule has 0 saturated heterocycles. The summed E-state index contributed by atoms with van der Waals surface area (Å²) in [5.74, 6) is 0.617. The number of nitrogens with zero attached hydrogens (tertiary/aromatic N) is 3. The molecule has 3 N–H and O–H groups in total. The largest absolute Gasteiger partial charge is 0.389 e. The first-order valence-electron chi connectivity index (χ1n) is 6.78. The second kappa shape index (κ2) is 6.44. The minimum atomic E-state index is 0.0276. The summed E-state index contributed by atoms with van der Waals surface area (Å²) >= 11 is 6.84. The standard InChI is InChI=1S/C14H19N5S2/c1-5-10-6-16-14(21-10)9(4)17-13-11(12(15)20)7(2)8(3)18-19-13/h6,9H,5H2,1-4H3,(H2,15,20)(H,17,19). The molecule has 0 bridgehead atoms. The second-order valence-corrected chi connectivity index (χ2v) is 6.47. The number of anilines is 1. The summed E-state index contributed by atoms with van der Waals surface area (Å²) in [6.45, 7) is 8.01. The van der Waals surface area contributed by atoms with Gasteiger partial charge < -0.3 is 11.1 Å². The second-order valence-electron chi connectivity index (χ2n) is 4.88. The summed E-state index contributed by atoms with van der Waals surface area (Å²) in [6.07, 6.45) is 2.91. The van der Waals surface area contributed by atoms with Gasteiger partial charge in [-0.2, -0.15) is 5.10 Å². The third-order valence-electron chi connectivity index (χ3n) is 3.34. The van der Waals surface area contributed by atoms with Crippen LogP contribution in [0.3, 0.4) is 0 Å². The number of rotatable bonds is 5. The number of aryl methyl sites for hydroxylation is 2. The summed E-state index contributed by atoms with van der Waals surface area (Å²) in [5, 5.41) is 12.7. The lowest BCUT2D eigenvalue weighted by molar-refractivity contribution is 0.840. The maximum atomic E-state index is 5.83. The molecule has 2 rings (SSSR count). The first kappa shape index (κ1) is 15.8. The zero-order chi connectivity index (χ0) is 15.6. The van der Waals surface area contributed by atoms with Crippen molar-refractivity contribution in [1.82, 2.24) is 15.2 Å². The van der Waals surface area contributed by atoms with Gasteiger partial charge in [0.15, 0.2) is 5.82 Å². The van der Waals surface area contributed by atoms with Crippen LogP contribution in [0.5, 0.6) is 0 Å². The van der Waals surface area contributed by atoms with E-state index in [0.29, 0.717) is 10.8 Å². The molecule has 1 unspecified atom stereocenters. The van der Waals surface area contributed by atoms with Gasteiger partial charge in [-0.1, -0.05) is 19.1 Å². The highest BCUT2D eigenvalue weighted by atomic mass is 32.1. The lowest BCUT2D eigenvalue weighted by Crippen LogP contribution is -2.19. The molecule has 0 aromatic carbocycles. The lowest BCUT2D eigenvalue weighted by Gasteiger charge is -2.16. The number of thiocarbonyl (C=S) groups is 1. The fourth-order valence-electron chi connectivity index (χ4n) is 1.96. The molecule has 0 aliphatic rings. The summed E-state index contributed by atoms with van der Waals surface area (Å²) in [4.78, 5) is 6.03. The average molecular weight is 321 g/mol. The van der Waals surface area contributed by atoms with Gasteiger partial charge in [0.05, 0.1) is 17.3 Å². The van der Waals surface area contributed by atoms with Crippen LogP contribution in [-0.4, -0.2) is 20.2 Å². The van der Waals surface area contributed by atoms with Crippen LogP contribution < -0.4 is 11.1 Å². The highest BCUT2D eigenvalue weighted by Crippen LogP contribution is 2.26. The molecule has 0 amide bonds. The molecule has 1 atom stereocenters. The quantitative estimate of drug-likeness (QED) is 0.825. The van der Waals surface area contributed by atoms with Crippen LogP contribution in [0, 0.1) is 13.8 Å². The highest BCUT2D eigenvalue weighted by Gasteiger charge is 2.17. The molecule has 0 aliphatic carbocycles. The van der Waals surface area contributed by atoms with E-state index >= 15 is 0 Å². The summed E-state index contributed by atoms with van der Waals surface area (Å²) in [5.41, 5.74) is 8.39. The first-order chi connectivity index (χ1) is 9.93. The molecule has 2 heterocycles. The summed E-state index contributed by atoms with van der Waals surface area (Å²) < 4.78 is 0. The number of hydrogen-bond donors (Lipinski definition) is 2. The predicted octanol–water partition coefficient (Wildman–Crippen LogP) is 2.92. The van der Waals surface area contributed by atoms with Crippen molar-refractivity contribution < 1.29 is 0 Å². The molecule has 2 aromatic heterocycles. The molecule has 0 radical (unpaired) electrons. The van der Waals surface area contributed by atoms with Crippen LogP contribution >= 0.6 is 23.6 Å². The van der Waals surface area contributed by atoms with Crippen LogP contribution in [0.15, 0.2) is 6.20 Å². The molecule has 0 aliphatic heterocycles. The monoisotopic (exact) mass is 321 g/mol. The van der Waals surface area contributed by atoms with Crippen LogP contribution in [0.4, 0.5) is 5.82 Å². The van der Waals surface area contributed by atoms with Crippen molar-refractivity contribution in [2.45, 2.75) is 40.2 Å². The number of nitrogens with one attached hydrogen (secondary N) is 1. The maximum absolute atomic E-state index is 5.83. The lowest BCUT2D eigenvalue weighted by atomic mass is 10.1. The number of nitrogens with two attached hydrogens (primary N) is 1. The molecule has 0 fully saturated rings. The predicted molar refractivity (Wildman–Crippen MR) is 90.9 cm³/mol. The van der Waals surface area contributed by atoms with Crippen molar-refractivity contribution in [3.63, 3.8) is 0 Å². The van der Waals surface area contributed by atoms with Gasteiger partial charge in [0.1, 0.15) is 10.00 Å². The fraction of sp³-hybridized carbons (Fsp3) is 0.429. The molecule has 112 valence electrons. The number of hydrogen-bond acceptors (Lipinski definition) is 6. The zero-order valence-electron chi connectivity index (χ0n) is 12.6. The third kappa shape index (κ3) is 3.36. The van der Waals surface area contributed by atoms with Gasteiger partial charge in [0, 0.05) is 11.1 Å². The Hall–Kier alpha value is -1.60. The van der Waals surface area contributed by atoms with E-state index in [0.717, 1.165) is 28.2 Å². The van der Waals surface area contributed by atoms with Crippen LogP contribution in [0.1, 0.15) is 46.6 Å². The Morgan fingerprint density at radius 1 is 1.43 bits per heavy atom. The molecular formula is C14H19N5S2. The van der Waals surface area contributed by atoms with Gasteiger partial charge >= 0.3 is 0 Å². The van der Waals surface area contributed by atoms with E-state index in [-0.39, 0.29) is 6.04 Å². The van der Waals surface area contributed by atoms with Crippen LogP contribution in [0.25, 0.3) is 0 Å². The molecule has 7 heteroatoms. The molecule has 0 saturated carbocycles. The Balaban J connectivity index is 2.30. The highest BCUT2D eigenvalue weighted by molar-refractivity contribution is 7.80. The van der Waals surface area contributed by atoms with Gasteiger partial charge in [-0.25, -0.2) is 4.98 Å². The minimum Gasteiger partial charge on any atom is -0.389 e. The average Bonchev–Trinajstić information content (AvgIpc) is 2.91. The van der Waals surface area contributed by atoms with Crippen molar-refractivity contribution >= 4 is 34.4 Å². The Bertz CT molecular complexity index is 665. The van der Waals surface area contributed by atoms with Gasteiger partial charge in [-0.15, -0.1) is 16.4 Å². The Labute approximate surface area is 134 Å². The fourth-order valence-corrected chi connectivity index (χ4v) is 3.07. The van der Waals surface area contributed by atoms with Crippen molar-refractivity contribution in [2.24, 2.45) is 5.73 Å². The van der Waals surface area contributed by atoms with E-state index in [1.165, 1.54) is 4.88 Å². The van der Waals surface area contributed by atoms with E-state index in [1.807, 2.05) is 27.0 Å². The molecule has 21 heavy (non-hydrogen) atoms. The molecule has 0 spiro atoms. The maximum Gasteiger partial charge on any atom is 0.159 e. The van der Waals surface area contributed by atoms with E-state index in [4.69, 9.17) is 18.0 Å². The van der Waals surface area contributed by atoms with Crippen molar-refractivity contribution in [2.75, 3.05) is 5.32 Å². The van der Waals surface area contributed by atoms with E-state index < -0.39 is 0 Å². The van der Waals surface area contributed by atoms with Crippen LogP contribution in [0.2, 0.25) is 0 Å². The minimum absolute atomic E-state index is 0.0276. The van der Waals surface area contributed by atoms with Gasteiger partial charge in [0.2, 0.25) is 0 Å². The van der Waals surface area contributed by atoms with Crippen molar-refractivity contribution in [1.29, 1.82) is 0 Å². The molecule has 5 nitrogen and oxygen atoms in total. The smallest absolute Gasteiger partial charge is 0.159 e. The van der Waals surface area contributed by atoms with Gasteiger partial charge in [-0.05, 0) is 32.8 Å². The topological polar surface area (TPSA) is 76.7 Å². The Morgan fingerprint density at radius 3 is 2.71 bits per heavy atom. The Morgan fingerprint density at radius 2 is 2.14 bits per heavy atom. The first-order valence-corrected chi connectivity index (χ1v) is 8.01. The van der Waals surface area contributed by atoms with E-state index in [2.05, 4.69) is 27.4 Å². The van der Waals surface area contributed by atoms with E-state index in [1.54, 1.807) is 11.3 Å². The van der Waals surface area contributed by atoms with Crippen LogP contribution in [-0.2, 0) is 6.42 Å². The van der Waals surface area contributed by atoms with Gasteiger partial charge in [0.25, 0.3) is 0 Å². The van der Waals surface area contributed by atoms with Gasteiger partial charge in [-0.3, -0.25) is 0 Å².